The first-order chi connectivity index (χ1) is 8.60. The summed E-state index contributed by atoms with van der Waals surface area (Å²) in [5, 5.41) is 0. The number of nitrogens with two attached hydrogens (primary N) is 1. The number of carbonyl (C=O) groups is 1. The van der Waals surface area contributed by atoms with Crippen LogP contribution in [0.3, 0.4) is 0 Å². The van der Waals surface area contributed by atoms with E-state index in [1.54, 1.807) is 14.0 Å². The molecule has 18 heavy (non-hydrogen) atoms. The van der Waals surface area contributed by atoms with E-state index in [-0.39, 0.29) is 11.9 Å². The molecule has 2 N–H and O–H groups in total. The van der Waals surface area contributed by atoms with Gasteiger partial charge < -0.3 is 15.4 Å². The van der Waals surface area contributed by atoms with Crippen LogP contribution in [0.25, 0.3) is 0 Å². The average Bonchev–Trinajstić information content (AvgIpc) is 2.38. The Labute approximate surface area is 108 Å². The lowest BCUT2D eigenvalue weighted by atomic mass is 9.88. The Balaban J connectivity index is 2.13. The van der Waals surface area contributed by atoms with Gasteiger partial charge in [-0.3, -0.25) is 4.79 Å². The first kappa shape index (κ1) is 12.9. The van der Waals surface area contributed by atoms with Crippen LogP contribution in [0, 0.1) is 0 Å². The van der Waals surface area contributed by atoms with Crippen LogP contribution in [-0.4, -0.2) is 37.0 Å². The molecule has 98 valence electrons. The zero-order chi connectivity index (χ0) is 13.1. The summed E-state index contributed by atoms with van der Waals surface area (Å²) in [4.78, 5) is 13.3. The van der Waals surface area contributed by atoms with Crippen molar-refractivity contribution < 1.29 is 9.53 Å². The molecule has 2 rings (SSSR count). The van der Waals surface area contributed by atoms with Crippen LogP contribution in [0.15, 0.2) is 24.3 Å². The standard InChI is InChI=1S/C14H20N2O2/c1-10(17)16-8-12(7-13(15)9-16)11-3-5-14(18-2)6-4-11/h3-6,12-13H,7-9,15H2,1-2H3. The summed E-state index contributed by atoms with van der Waals surface area (Å²) in [7, 11) is 1.66. The minimum Gasteiger partial charge on any atom is -0.497 e. The van der Waals surface area contributed by atoms with Crippen LogP contribution in [0.4, 0.5) is 0 Å². The molecule has 2 unspecified atom stereocenters. The molecular weight excluding hydrogens is 228 g/mol. The summed E-state index contributed by atoms with van der Waals surface area (Å²) >= 11 is 0. The summed E-state index contributed by atoms with van der Waals surface area (Å²) in [6, 6.07) is 8.08. The molecule has 1 aliphatic heterocycles. The second-order valence-electron chi connectivity index (χ2n) is 4.89. The van der Waals surface area contributed by atoms with Gasteiger partial charge in [0.15, 0.2) is 0 Å². The predicted octanol–water partition coefficient (Wildman–Crippen LogP) is 1.36. The summed E-state index contributed by atoms with van der Waals surface area (Å²) in [5.74, 6) is 1.27. The van der Waals surface area contributed by atoms with Gasteiger partial charge in [0, 0.05) is 32.0 Å². The number of benzene rings is 1. The highest BCUT2D eigenvalue weighted by molar-refractivity contribution is 5.73. The molecule has 2 atom stereocenters. The van der Waals surface area contributed by atoms with Gasteiger partial charge in [-0.2, -0.15) is 0 Å². The maximum Gasteiger partial charge on any atom is 0.219 e. The molecule has 4 heteroatoms. The van der Waals surface area contributed by atoms with Gasteiger partial charge in [0.1, 0.15) is 5.75 Å². The minimum absolute atomic E-state index is 0.0646. The quantitative estimate of drug-likeness (QED) is 0.859. The average molecular weight is 248 g/mol. The highest BCUT2D eigenvalue weighted by Gasteiger charge is 2.27. The zero-order valence-electron chi connectivity index (χ0n) is 10.9. The molecule has 0 aromatic heterocycles. The maximum atomic E-state index is 11.5. The van der Waals surface area contributed by atoms with Gasteiger partial charge in [-0.25, -0.2) is 0 Å². The molecule has 1 heterocycles. The smallest absolute Gasteiger partial charge is 0.219 e. The number of ether oxygens (including phenoxy) is 1. The number of likely N-dealkylation sites (tertiary alicyclic amines) is 1. The number of amides is 1. The number of nitrogens with zero attached hydrogens (tertiary/aromatic N) is 1. The number of methoxy groups -OCH3 is 1. The van der Waals surface area contributed by atoms with Gasteiger partial charge in [-0.15, -0.1) is 0 Å². The van der Waals surface area contributed by atoms with E-state index in [2.05, 4.69) is 12.1 Å². The van der Waals surface area contributed by atoms with E-state index in [0.717, 1.165) is 18.7 Å². The number of hydrogen-bond acceptors (Lipinski definition) is 3. The number of carbonyl (C=O) groups excluding carboxylic acids is 1. The van der Waals surface area contributed by atoms with Crippen LogP contribution in [0.1, 0.15) is 24.8 Å². The largest absolute Gasteiger partial charge is 0.497 e. The molecule has 1 aliphatic rings. The number of rotatable bonds is 2. The first-order valence-corrected chi connectivity index (χ1v) is 6.25. The van der Waals surface area contributed by atoms with E-state index in [4.69, 9.17) is 10.5 Å². The van der Waals surface area contributed by atoms with Gasteiger partial charge in [-0.05, 0) is 24.1 Å². The second kappa shape index (κ2) is 5.40. The molecular formula is C14H20N2O2. The van der Waals surface area contributed by atoms with Gasteiger partial charge in [0.25, 0.3) is 0 Å². The van der Waals surface area contributed by atoms with E-state index >= 15 is 0 Å². The predicted molar refractivity (Wildman–Crippen MR) is 70.6 cm³/mol. The normalized spacial score (nSPS) is 23.8. The van der Waals surface area contributed by atoms with Gasteiger partial charge in [-0.1, -0.05) is 12.1 Å². The molecule has 0 spiro atoms. The maximum absolute atomic E-state index is 11.5. The summed E-state index contributed by atoms with van der Waals surface area (Å²) in [5.41, 5.74) is 7.25. The highest BCUT2D eigenvalue weighted by Crippen LogP contribution is 2.27. The van der Waals surface area contributed by atoms with Crippen LogP contribution < -0.4 is 10.5 Å². The molecule has 0 saturated carbocycles. The number of hydrogen-bond donors (Lipinski definition) is 1. The van der Waals surface area contributed by atoms with Crippen LogP contribution in [0.5, 0.6) is 5.75 Å². The summed E-state index contributed by atoms with van der Waals surface area (Å²) in [6.45, 7) is 3.03. The zero-order valence-corrected chi connectivity index (χ0v) is 10.9. The SMILES string of the molecule is COc1ccc(C2CC(N)CN(C(C)=O)C2)cc1. The van der Waals surface area contributed by atoms with E-state index in [9.17, 15) is 4.79 Å². The fourth-order valence-electron chi connectivity index (χ4n) is 2.51. The van der Waals surface area contributed by atoms with Gasteiger partial charge in [0.05, 0.1) is 7.11 Å². The molecule has 1 aromatic carbocycles. The van der Waals surface area contributed by atoms with Crippen molar-refractivity contribution in [1.29, 1.82) is 0 Å². The third kappa shape index (κ3) is 2.82. The fourth-order valence-corrected chi connectivity index (χ4v) is 2.51. The third-order valence-corrected chi connectivity index (χ3v) is 3.52. The van der Waals surface area contributed by atoms with Crippen molar-refractivity contribution in [3.63, 3.8) is 0 Å². The highest BCUT2D eigenvalue weighted by atomic mass is 16.5. The molecule has 1 amide bonds. The molecule has 0 bridgehead atoms. The van der Waals surface area contributed by atoms with Crippen molar-refractivity contribution in [2.45, 2.75) is 25.3 Å². The fraction of sp³-hybridized carbons (Fsp3) is 0.500. The summed E-state index contributed by atoms with van der Waals surface area (Å²) < 4.78 is 5.15. The minimum atomic E-state index is 0.0646. The van der Waals surface area contributed by atoms with Crippen LogP contribution in [0.2, 0.25) is 0 Å². The van der Waals surface area contributed by atoms with Crippen molar-refractivity contribution in [2.75, 3.05) is 20.2 Å². The Bertz CT molecular complexity index is 416. The Morgan fingerprint density at radius 1 is 1.33 bits per heavy atom. The van der Waals surface area contributed by atoms with Crippen molar-refractivity contribution in [3.8, 4) is 5.75 Å². The van der Waals surface area contributed by atoms with E-state index < -0.39 is 0 Å². The molecule has 1 fully saturated rings. The molecule has 1 saturated heterocycles. The Kier molecular flexibility index (Phi) is 3.87. The van der Waals surface area contributed by atoms with Crippen LogP contribution >= 0.6 is 0 Å². The Morgan fingerprint density at radius 2 is 2.00 bits per heavy atom. The lowest BCUT2D eigenvalue weighted by Crippen LogP contribution is -2.47. The van der Waals surface area contributed by atoms with Gasteiger partial charge >= 0.3 is 0 Å². The molecule has 0 radical (unpaired) electrons. The topological polar surface area (TPSA) is 55.6 Å². The monoisotopic (exact) mass is 248 g/mol. The van der Waals surface area contributed by atoms with E-state index in [1.807, 2.05) is 17.0 Å². The van der Waals surface area contributed by atoms with Crippen molar-refractivity contribution in [1.82, 2.24) is 4.90 Å². The Morgan fingerprint density at radius 3 is 2.56 bits per heavy atom. The van der Waals surface area contributed by atoms with E-state index in [1.165, 1.54) is 5.56 Å². The van der Waals surface area contributed by atoms with E-state index in [0.29, 0.717) is 12.5 Å². The lowest BCUT2D eigenvalue weighted by Gasteiger charge is -2.36. The third-order valence-electron chi connectivity index (χ3n) is 3.52. The second-order valence-corrected chi connectivity index (χ2v) is 4.89. The van der Waals surface area contributed by atoms with Crippen molar-refractivity contribution in [2.24, 2.45) is 5.73 Å². The first-order valence-electron chi connectivity index (χ1n) is 6.25. The molecule has 1 aromatic rings. The van der Waals surface area contributed by atoms with Crippen molar-refractivity contribution >= 4 is 5.91 Å². The molecule has 0 aliphatic carbocycles. The molecule has 4 nitrogen and oxygen atoms in total. The lowest BCUT2D eigenvalue weighted by molar-refractivity contribution is -0.130. The van der Waals surface area contributed by atoms with Gasteiger partial charge in [0.2, 0.25) is 5.91 Å². The Hall–Kier alpha value is -1.55. The van der Waals surface area contributed by atoms with Crippen LogP contribution in [-0.2, 0) is 4.79 Å². The summed E-state index contributed by atoms with van der Waals surface area (Å²) in [6.07, 6.45) is 0.927. The van der Waals surface area contributed by atoms with Crippen molar-refractivity contribution in [3.05, 3.63) is 29.8 Å². The number of piperidine rings is 1.